The van der Waals surface area contributed by atoms with Crippen LogP contribution in [0.2, 0.25) is 0 Å². The molecule has 0 radical (unpaired) electrons. The number of benzene rings is 1. The highest BCUT2D eigenvalue weighted by Gasteiger charge is 2.27. The normalized spacial score (nSPS) is 25.0. The Bertz CT molecular complexity index is 376. The van der Waals surface area contributed by atoms with Crippen molar-refractivity contribution in [3.8, 4) is 0 Å². The third kappa shape index (κ3) is 1.62. The Morgan fingerprint density at radius 3 is 3.07 bits per heavy atom. The Morgan fingerprint density at radius 1 is 1.57 bits per heavy atom. The van der Waals surface area contributed by atoms with Gasteiger partial charge >= 0.3 is 0 Å². The third-order valence-electron chi connectivity index (χ3n) is 2.55. The predicted octanol–water partition coefficient (Wildman–Crippen LogP) is 1.77. The van der Waals surface area contributed by atoms with Crippen LogP contribution >= 0.6 is 0 Å². The molecule has 0 amide bonds. The molecule has 14 heavy (non-hydrogen) atoms. The average Bonchev–Trinajstić information content (AvgIpc) is 2.44. The first-order chi connectivity index (χ1) is 6.72. The van der Waals surface area contributed by atoms with Gasteiger partial charge in [-0.25, -0.2) is 0 Å². The van der Waals surface area contributed by atoms with Crippen LogP contribution in [0.3, 0.4) is 0 Å². The van der Waals surface area contributed by atoms with E-state index in [0.29, 0.717) is 0 Å². The maximum absolute atomic E-state index is 11.7. The molecule has 2 nitrogen and oxygen atoms in total. The lowest BCUT2D eigenvalue weighted by atomic mass is 10.1. The minimum Gasteiger partial charge on any atom is -0.309 e. The second-order valence-corrected chi connectivity index (χ2v) is 5.13. The highest BCUT2D eigenvalue weighted by atomic mass is 32.2. The van der Waals surface area contributed by atoms with E-state index in [1.165, 1.54) is 11.1 Å². The third-order valence-corrected chi connectivity index (χ3v) is 4.05. The molecule has 1 aliphatic rings. The van der Waals surface area contributed by atoms with Gasteiger partial charge in [-0.3, -0.25) is 4.21 Å². The summed E-state index contributed by atoms with van der Waals surface area (Å²) in [5.41, 5.74) is 2.47. The van der Waals surface area contributed by atoms with E-state index in [4.69, 9.17) is 0 Å². The number of rotatable bonds is 2. The van der Waals surface area contributed by atoms with E-state index >= 15 is 0 Å². The summed E-state index contributed by atoms with van der Waals surface area (Å²) in [5.74, 6) is 0.729. The van der Waals surface area contributed by atoms with Crippen molar-refractivity contribution in [1.29, 1.82) is 0 Å². The monoisotopic (exact) mass is 209 g/mol. The van der Waals surface area contributed by atoms with Crippen molar-refractivity contribution < 1.29 is 4.21 Å². The van der Waals surface area contributed by atoms with Gasteiger partial charge in [-0.1, -0.05) is 24.6 Å². The van der Waals surface area contributed by atoms with Crippen LogP contribution in [-0.4, -0.2) is 16.5 Å². The number of fused-ring (bicyclic) bond motifs is 1. The second-order valence-electron chi connectivity index (χ2n) is 3.66. The molecule has 2 unspecified atom stereocenters. The lowest BCUT2D eigenvalue weighted by Crippen LogP contribution is -2.21. The van der Waals surface area contributed by atoms with Gasteiger partial charge in [0, 0.05) is 16.7 Å². The molecule has 1 aromatic rings. The van der Waals surface area contributed by atoms with Gasteiger partial charge in [-0.05, 0) is 25.1 Å². The van der Waals surface area contributed by atoms with E-state index in [1.54, 1.807) is 0 Å². The summed E-state index contributed by atoms with van der Waals surface area (Å²) in [6.45, 7) is 5.08. The highest BCUT2D eigenvalue weighted by molar-refractivity contribution is 7.85. The van der Waals surface area contributed by atoms with Crippen LogP contribution < -0.4 is 5.32 Å². The van der Waals surface area contributed by atoms with Gasteiger partial charge in [0.25, 0.3) is 0 Å². The van der Waals surface area contributed by atoms with Gasteiger partial charge in [-0.2, -0.15) is 0 Å². The smallest absolute Gasteiger partial charge is 0.0552 e. The van der Waals surface area contributed by atoms with Gasteiger partial charge in [0.1, 0.15) is 0 Å². The maximum atomic E-state index is 11.7. The van der Waals surface area contributed by atoms with E-state index < -0.39 is 10.8 Å². The maximum Gasteiger partial charge on any atom is 0.0552 e. The number of hydrogen-bond donors (Lipinski definition) is 1. The Balaban J connectivity index is 2.40. The molecule has 0 spiro atoms. The molecule has 0 saturated heterocycles. The predicted molar refractivity (Wildman–Crippen MR) is 58.9 cm³/mol. The number of aryl methyl sites for hydroxylation is 1. The fraction of sp³-hybridized carbons (Fsp3) is 0.455. The first-order valence-electron chi connectivity index (χ1n) is 4.94. The molecule has 0 aromatic heterocycles. The summed E-state index contributed by atoms with van der Waals surface area (Å²) >= 11 is 0. The highest BCUT2D eigenvalue weighted by Crippen LogP contribution is 2.31. The molecule has 1 N–H and O–H groups in total. The fourth-order valence-corrected chi connectivity index (χ4v) is 3.36. The van der Waals surface area contributed by atoms with E-state index in [9.17, 15) is 4.21 Å². The Labute approximate surface area is 87.2 Å². The molecule has 1 aromatic carbocycles. The summed E-state index contributed by atoms with van der Waals surface area (Å²) < 4.78 is 11.7. The largest absolute Gasteiger partial charge is 0.309 e. The zero-order chi connectivity index (χ0) is 10.1. The van der Waals surface area contributed by atoms with Crippen LogP contribution in [-0.2, 0) is 10.8 Å². The van der Waals surface area contributed by atoms with Crippen LogP contribution in [0.4, 0.5) is 0 Å². The summed E-state index contributed by atoms with van der Waals surface area (Å²) in [7, 11) is -0.800. The van der Waals surface area contributed by atoms with Gasteiger partial charge in [-0.15, -0.1) is 0 Å². The Kier molecular flexibility index (Phi) is 2.70. The number of hydrogen-bond acceptors (Lipinski definition) is 2. The summed E-state index contributed by atoms with van der Waals surface area (Å²) in [5, 5.41) is 3.37. The molecule has 2 atom stereocenters. The average molecular weight is 209 g/mol. The zero-order valence-corrected chi connectivity index (χ0v) is 9.36. The van der Waals surface area contributed by atoms with Crippen molar-refractivity contribution in [2.45, 2.75) is 24.8 Å². The van der Waals surface area contributed by atoms with Gasteiger partial charge in [0.15, 0.2) is 0 Å². The van der Waals surface area contributed by atoms with Crippen LogP contribution in [0.1, 0.15) is 24.1 Å². The van der Waals surface area contributed by atoms with E-state index in [2.05, 4.69) is 25.2 Å². The first-order valence-corrected chi connectivity index (χ1v) is 6.26. The van der Waals surface area contributed by atoms with Crippen molar-refractivity contribution in [3.63, 3.8) is 0 Å². The molecule has 2 rings (SSSR count). The van der Waals surface area contributed by atoms with Gasteiger partial charge in [0.05, 0.1) is 10.8 Å². The minimum absolute atomic E-state index is 0.288. The first kappa shape index (κ1) is 9.87. The molecule has 0 fully saturated rings. The van der Waals surface area contributed by atoms with E-state index in [1.807, 2.05) is 12.1 Å². The molecule has 0 saturated carbocycles. The quantitative estimate of drug-likeness (QED) is 0.804. The molecule has 0 bridgehead atoms. The van der Waals surface area contributed by atoms with Crippen molar-refractivity contribution in [1.82, 2.24) is 5.32 Å². The van der Waals surface area contributed by atoms with Gasteiger partial charge in [0.2, 0.25) is 0 Å². The van der Waals surface area contributed by atoms with Crippen LogP contribution in [0.25, 0.3) is 0 Å². The summed E-state index contributed by atoms with van der Waals surface area (Å²) in [6, 6.07) is 6.47. The Hall–Kier alpha value is -0.670. The topological polar surface area (TPSA) is 29.1 Å². The van der Waals surface area contributed by atoms with Crippen molar-refractivity contribution >= 4 is 10.8 Å². The molecule has 0 aliphatic carbocycles. The van der Waals surface area contributed by atoms with E-state index in [0.717, 1.165) is 17.2 Å². The van der Waals surface area contributed by atoms with Crippen LogP contribution in [0.5, 0.6) is 0 Å². The molecule has 1 heterocycles. The summed E-state index contributed by atoms with van der Waals surface area (Å²) in [4.78, 5) is 1.02. The molecule has 76 valence electrons. The van der Waals surface area contributed by atoms with Crippen LogP contribution in [0, 0.1) is 6.92 Å². The zero-order valence-electron chi connectivity index (χ0n) is 8.54. The molecule has 1 aliphatic heterocycles. The molecule has 3 heteroatoms. The summed E-state index contributed by atoms with van der Waals surface area (Å²) in [6.07, 6.45) is 0. The molecular formula is C11H15NOS. The van der Waals surface area contributed by atoms with Crippen molar-refractivity contribution in [2.24, 2.45) is 0 Å². The Morgan fingerprint density at radius 2 is 2.36 bits per heavy atom. The lowest BCUT2D eigenvalue weighted by Gasteiger charge is -2.10. The minimum atomic E-state index is -0.800. The fourth-order valence-electron chi connectivity index (χ4n) is 1.89. The van der Waals surface area contributed by atoms with Gasteiger partial charge < -0.3 is 5.32 Å². The van der Waals surface area contributed by atoms with Crippen molar-refractivity contribution in [3.05, 3.63) is 29.3 Å². The van der Waals surface area contributed by atoms with Crippen molar-refractivity contribution in [2.75, 3.05) is 12.3 Å². The molecular weight excluding hydrogens is 194 g/mol. The standard InChI is InChI=1S/C11H15NOS/c1-3-12-10-7-14(13)11-5-4-8(2)6-9(10)11/h4-6,10,12H,3,7H2,1-2H3. The second kappa shape index (κ2) is 3.83. The number of nitrogens with one attached hydrogen (secondary N) is 1. The SMILES string of the molecule is CCNC1CS(=O)c2ccc(C)cc21. The van der Waals surface area contributed by atoms with Crippen LogP contribution in [0.15, 0.2) is 23.1 Å². The van der Waals surface area contributed by atoms with E-state index in [-0.39, 0.29) is 6.04 Å². The lowest BCUT2D eigenvalue weighted by molar-refractivity contribution is 0.603.